The summed E-state index contributed by atoms with van der Waals surface area (Å²) in [5.74, 6) is -0.453. The van der Waals surface area contributed by atoms with Crippen molar-refractivity contribution in [2.75, 3.05) is 64.7 Å². The Morgan fingerprint density at radius 2 is 1.73 bits per heavy atom. The number of rotatable bonds is 17. The average Bonchev–Trinajstić information content (AvgIpc) is 3.57. The van der Waals surface area contributed by atoms with Crippen LogP contribution in [0.4, 0.5) is 5.69 Å². The molecule has 0 spiro atoms. The Morgan fingerprint density at radius 1 is 1.00 bits per heavy atom. The standard InChI is InChI=1S/C36H48N6O9/c1-47-36-34(45)33(44)32(43)20-31(51-36)23-42-22-29(39-40-42)24-50-16-15-49-14-13-48-12-9-38-35(46)28(21-37)18-25-5-6-27-19-30(8-7-26(27)17-25)41-10-3-2-4-11-41/h5-8,17-19,22,31-34,36,43-45H,2-4,9-16,20,23-24H2,1H3,(H,38,46)/b28-18+/t31-,32+,33-,34+,36-/m0/s1. The zero-order valence-electron chi connectivity index (χ0n) is 28.9. The molecule has 2 aliphatic rings. The smallest absolute Gasteiger partial charge is 0.262 e. The van der Waals surface area contributed by atoms with Crippen molar-refractivity contribution in [2.45, 2.75) is 69.5 Å². The molecule has 0 saturated carbocycles. The number of nitrogens with zero attached hydrogens (tertiary/aromatic N) is 5. The first-order valence-electron chi connectivity index (χ1n) is 17.4. The lowest BCUT2D eigenvalue weighted by Gasteiger charge is -2.29. The molecule has 1 aromatic heterocycles. The highest BCUT2D eigenvalue weighted by atomic mass is 16.7. The summed E-state index contributed by atoms with van der Waals surface area (Å²) in [6.07, 6.45) is 1.54. The van der Waals surface area contributed by atoms with Gasteiger partial charge in [0.2, 0.25) is 0 Å². The van der Waals surface area contributed by atoms with Gasteiger partial charge in [0.05, 0.1) is 64.6 Å². The number of nitriles is 1. The molecule has 4 N–H and O–H groups in total. The number of carbonyl (C=O) groups is 1. The van der Waals surface area contributed by atoms with Gasteiger partial charge in [0.15, 0.2) is 6.29 Å². The number of hydrogen-bond donors (Lipinski definition) is 4. The number of nitrogens with one attached hydrogen (secondary N) is 1. The number of hydrogen-bond acceptors (Lipinski definition) is 13. The first-order chi connectivity index (χ1) is 24.8. The summed E-state index contributed by atoms with van der Waals surface area (Å²) in [6, 6.07) is 14.4. The molecular weight excluding hydrogens is 660 g/mol. The van der Waals surface area contributed by atoms with E-state index in [9.17, 15) is 25.4 Å². The molecule has 5 atom stereocenters. The first-order valence-corrected chi connectivity index (χ1v) is 17.4. The van der Waals surface area contributed by atoms with Crippen LogP contribution in [0.25, 0.3) is 16.8 Å². The van der Waals surface area contributed by atoms with Crippen molar-refractivity contribution in [1.82, 2.24) is 20.3 Å². The Morgan fingerprint density at radius 3 is 2.49 bits per heavy atom. The average molecular weight is 709 g/mol. The van der Waals surface area contributed by atoms with Gasteiger partial charge >= 0.3 is 0 Å². The summed E-state index contributed by atoms with van der Waals surface area (Å²) in [6.45, 7) is 4.49. The Hall–Kier alpha value is -3.98. The number of methoxy groups -OCH3 is 1. The van der Waals surface area contributed by atoms with E-state index < -0.39 is 36.6 Å². The zero-order chi connectivity index (χ0) is 36.0. The fraction of sp³-hybridized carbons (Fsp3) is 0.556. The monoisotopic (exact) mass is 708 g/mol. The maximum atomic E-state index is 12.6. The lowest BCUT2D eigenvalue weighted by molar-refractivity contribution is -0.213. The molecule has 3 heterocycles. The van der Waals surface area contributed by atoms with Crippen LogP contribution in [0.3, 0.4) is 0 Å². The molecule has 0 unspecified atom stereocenters. The molecule has 2 aliphatic heterocycles. The van der Waals surface area contributed by atoms with Gasteiger partial charge in [-0.05, 0) is 59.9 Å². The minimum absolute atomic E-state index is 0.0281. The van der Waals surface area contributed by atoms with E-state index in [0.29, 0.717) is 32.1 Å². The van der Waals surface area contributed by atoms with Gasteiger partial charge in [0.1, 0.15) is 29.5 Å². The van der Waals surface area contributed by atoms with Gasteiger partial charge in [-0.15, -0.1) is 5.10 Å². The van der Waals surface area contributed by atoms with Crippen molar-refractivity contribution >= 4 is 28.4 Å². The van der Waals surface area contributed by atoms with Crippen LogP contribution in [-0.2, 0) is 41.6 Å². The number of aliphatic hydroxyl groups excluding tert-OH is 3. The molecule has 2 fully saturated rings. The lowest BCUT2D eigenvalue weighted by Crippen LogP contribution is -2.43. The molecular formula is C36H48N6O9. The summed E-state index contributed by atoms with van der Waals surface area (Å²) in [5, 5.41) is 52.9. The van der Waals surface area contributed by atoms with Crippen LogP contribution in [0.5, 0.6) is 0 Å². The van der Waals surface area contributed by atoms with Crippen LogP contribution in [0.2, 0.25) is 0 Å². The SMILES string of the molecule is CO[C@H]1O[C@H](Cn2cc(COCCOCCOCCNC(=O)/C(C#N)=C/c3ccc4cc(N5CCCCC5)ccc4c3)nn2)C[C@@H](O)[C@H](O)[C@H]1O. The lowest BCUT2D eigenvalue weighted by atomic mass is 10.0. The predicted molar refractivity (Wildman–Crippen MR) is 186 cm³/mol. The van der Waals surface area contributed by atoms with Gasteiger partial charge in [-0.2, -0.15) is 5.26 Å². The first kappa shape index (κ1) is 38.3. The topological polar surface area (TPSA) is 194 Å². The van der Waals surface area contributed by atoms with Crippen molar-refractivity contribution in [2.24, 2.45) is 0 Å². The van der Waals surface area contributed by atoms with Gasteiger partial charge in [0.25, 0.3) is 5.91 Å². The molecule has 1 amide bonds. The molecule has 0 bridgehead atoms. The summed E-state index contributed by atoms with van der Waals surface area (Å²) in [7, 11) is 1.35. The summed E-state index contributed by atoms with van der Waals surface area (Å²) in [4.78, 5) is 15.0. The number of carbonyl (C=O) groups excluding carboxylic acids is 1. The fourth-order valence-corrected chi connectivity index (χ4v) is 6.09. The zero-order valence-corrected chi connectivity index (χ0v) is 28.9. The van der Waals surface area contributed by atoms with E-state index in [-0.39, 0.29) is 38.3 Å². The molecule has 5 rings (SSSR count). The Bertz CT molecular complexity index is 1620. The van der Waals surface area contributed by atoms with Crippen LogP contribution < -0.4 is 10.2 Å². The summed E-state index contributed by atoms with van der Waals surface area (Å²) >= 11 is 0. The van der Waals surface area contributed by atoms with E-state index >= 15 is 0 Å². The number of anilines is 1. The second kappa shape index (κ2) is 19.6. The number of aliphatic hydroxyl groups is 3. The molecule has 51 heavy (non-hydrogen) atoms. The minimum atomic E-state index is -1.38. The van der Waals surface area contributed by atoms with E-state index in [0.717, 1.165) is 29.4 Å². The van der Waals surface area contributed by atoms with Gasteiger partial charge in [-0.1, -0.05) is 23.4 Å². The largest absolute Gasteiger partial charge is 0.390 e. The number of amides is 1. The third kappa shape index (κ3) is 11.3. The van der Waals surface area contributed by atoms with Crippen LogP contribution in [-0.4, -0.2) is 127 Å². The van der Waals surface area contributed by atoms with Crippen LogP contribution in [0, 0.1) is 11.3 Å². The van der Waals surface area contributed by atoms with E-state index in [2.05, 4.69) is 38.7 Å². The minimum Gasteiger partial charge on any atom is -0.390 e. The third-order valence-electron chi connectivity index (χ3n) is 8.83. The number of aromatic nitrogens is 3. The Labute approximate surface area is 297 Å². The Kier molecular flexibility index (Phi) is 14.7. The molecule has 276 valence electrons. The second-order valence-corrected chi connectivity index (χ2v) is 12.6. The van der Waals surface area contributed by atoms with Crippen molar-refractivity contribution < 1.29 is 43.8 Å². The maximum absolute atomic E-state index is 12.6. The van der Waals surface area contributed by atoms with Crippen molar-refractivity contribution in [3.8, 4) is 6.07 Å². The quantitative estimate of drug-likeness (QED) is 0.0898. The Balaban J connectivity index is 0.920. The van der Waals surface area contributed by atoms with Gasteiger partial charge in [-0.3, -0.25) is 4.79 Å². The maximum Gasteiger partial charge on any atom is 0.262 e. The van der Waals surface area contributed by atoms with Crippen molar-refractivity contribution in [3.63, 3.8) is 0 Å². The molecule has 15 heteroatoms. The highest BCUT2D eigenvalue weighted by Gasteiger charge is 2.39. The summed E-state index contributed by atoms with van der Waals surface area (Å²) < 4.78 is 29.0. The molecule has 3 aromatic rings. The van der Waals surface area contributed by atoms with E-state index in [1.807, 2.05) is 24.3 Å². The highest BCUT2D eigenvalue weighted by molar-refractivity contribution is 6.02. The second-order valence-electron chi connectivity index (χ2n) is 12.6. The molecule has 15 nitrogen and oxygen atoms in total. The third-order valence-corrected chi connectivity index (χ3v) is 8.83. The van der Waals surface area contributed by atoms with Crippen molar-refractivity contribution in [3.05, 3.63) is 59.4 Å². The van der Waals surface area contributed by atoms with Gasteiger partial charge < -0.3 is 49.2 Å². The number of ether oxygens (including phenoxy) is 5. The predicted octanol–water partition coefficient (Wildman–Crippen LogP) is 1.54. The number of fused-ring (bicyclic) bond motifs is 1. The number of benzene rings is 2. The fourth-order valence-electron chi connectivity index (χ4n) is 6.09. The van der Waals surface area contributed by atoms with E-state index in [1.165, 1.54) is 36.7 Å². The van der Waals surface area contributed by atoms with Crippen LogP contribution in [0.15, 0.2) is 48.2 Å². The summed E-state index contributed by atoms with van der Waals surface area (Å²) in [5.41, 5.74) is 2.64. The normalized spacial score (nSPS) is 22.8. The van der Waals surface area contributed by atoms with Crippen LogP contribution >= 0.6 is 0 Å². The van der Waals surface area contributed by atoms with Gasteiger partial charge in [-0.25, -0.2) is 4.68 Å². The van der Waals surface area contributed by atoms with E-state index in [4.69, 9.17) is 23.7 Å². The molecule has 2 saturated heterocycles. The highest BCUT2D eigenvalue weighted by Crippen LogP contribution is 2.26. The molecule has 2 aromatic carbocycles. The number of piperidine rings is 1. The van der Waals surface area contributed by atoms with Crippen molar-refractivity contribution in [1.29, 1.82) is 5.26 Å². The molecule has 0 aliphatic carbocycles. The molecule has 0 radical (unpaired) electrons. The van der Waals surface area contributed by atoms with Crippen LogP contribution in [0.1, 0.15) is 36.9 Å². The van der Waals surface area contributed by atoms with E-state index in [1.54, 1.807) is 12.3 Å². The van der Waals surface area contributed by atoms with Gasteiger partial charge in [0, 0.05) is 38.9 Å².